The number of esters is 1. The molecule has 2 amide bonds. The van der Waals surface area contributed by atoms with E-state index in [4.69, 9.17) is 14.2 Å². The summed E-state index contributed by atoms with van der Waals surface area (Å²) >= 11 is 0. The second kappa shape index (κ2) is 11.5. The van der Waals surface area contributed by atoms with Crippen molar-refractivity contribution in [2.75, 3.05) is 13.4 Å². The molecule has 218 valence electrons. The van der Waals surface area contributed by atoms with Crippen LogP contribution in [0.1, 0.15) is 55.7 Å². The van der Waals surface area contributed by atoms with Crippen LogP contribution in [0.2, 0.25) is 0 Å². The number of hydrogen-bond donors (Lipinski definition) is 1. The van der Waals surface area contributed by atoms with E-state index in [1.165, 1.54) is 12.1 Å². The number of nitrogens with one attached hydrogen (secondary N) is 1. The predicted octanol–water partition coefficient (Wildman–Crippen LogP) is 5.11. The number of amides is 2. The number of allylic oxidation sites excluding steroid dienone is 1. The third kappa shape index (κ3) is 5.89. The number of carbonyl (C=O) groups excluding carboxylic acids is 3. The first-order valence-corrected chi connectivity index (χ1v) is 13.6. The van der Waals surface area contributed by atoms with Crippen LogP contribution >= 0.6 is 0 Å². The summed E-state index contributed by atoms with van der Waals surface area (Å²) in [6.45, 7) is 2.03. The van der Waals surface area contributed by atoms with E-state index in [1.807, 2.05) is 12.1 Å². The monoisotopic (exact) mass is 572 g/mol. The second-order valence-corrected chi connectivity index (χ2v) is 10.5. The number of ether oxygens (including phenoxy) is 3. The average molecular weight is 573 g/mol. The normalized spacial score (nSPS) is 21.7. The van der Waals surface area contributed by atoms with Gasteiger partial charge in [0.15, 0.2) is 11.5 Å². The summed E-state index contributed by atoms with van der Waals surface area (Å²) in [7, 11) is 0. The predicted molar refractivity (Wildman–Crippen MR) is 140 cm³/mol. The van der Waals surface area contributed by atoms with Gasteiger partial charge in [0.25, 0.3) is 0 Å². The van der Waals surface area contributed by atoms with Crippen LogP contribution in [0.15, 0.2) is 54.2 Å². The highest BCUT2D eigenvalue weighted by Crippen LogP contribution is 2.50. The molecule has 2 aromatic rings. The van der Waals surface area contributed by atoms with E-state index in [-0.39, 0.29) is 50.8 Å². The SMILES string of the molecule is CCOC(=O)[C@]12CCCC=C1N(Cc1ccc3c(c1)OCO3)C(=O)[C@H](CC(=O)NCc1cccc(C(F)(F)F)c1)C2. The van der Waals surface area contributed by atoms with Gasteiger partial charge in [0, 0.05) is 24.6 Å². The van der Waals surface area contributed by atoms with E-state index in [2.05, 4.69) is 5.32 Å². The number of rotatable bonds is 8. The summed E-state index contributed by atoms with van der Waals surface area (Å²) in [5.41, 5.74) is -0.247. The van der Waals surface area contributed by atoms with Crippen molar-refractivity contribution in [1.29, 1.82) is 0 Å². The number of fused-ring (bicyclic) bond motifs is 2. The molecule has 11 heteroatoms. The topological polar surface area (TPSA) is 94.2 Å². The lowest BCUT2D eigenvalue weighted by Crippen LogP contribution is -2.54. The number of piperidine rings is 1. The molecule has 2 aromatic carbocycles. The standard InChI is InChI=1S/C30H31F3N2O6/c1-2-39-28(38)29-11-4-3-8-25(29)35(17-20-9-10-23-24(13-20)41-18-40-23)27(37)21(15-29)14-26(36)34-16-19-6-5-7-22(12-19)30(31,32)33/h5-10,12-13,21H,2-4,11,14-18H2,1H3,(H,34,36)/t21-,29+/m1/s1. The number of halogens is 3. The van der Waals surface area contributed by atoms with Crippen molar-refractivity contribution < 1.29 is 41.8 Å². The molecular weight excluding hydrogens is 541 g/mol. The Hall–Kier alpha value is -4.02. The van der Waals surface area contributed by atoms with Gasteiger partial charge in [0.1, 0.15) is 5.41 Å². The van der Waals surface area contributed by atoms with Gasteiger partial charge in [0.2, 0.25) is 18.6 Å². The minimum atomic E-state index is -4.50. The number of carbonyl (C=O) groups is 3. The van der Waals surface area contributed by atoms with Gasteiger partial charge in [-0.2, -0.15) is 13.2 Å². The van der Waals surface area contributed by atoms with Crippen LogP contribution in [0.4, 0.5) is 13.2 Å². The number of likely N-dealkylation sites (tertiary alicyclic amines) is 1. The van der Waals surface area contributed by atoms with E-state index in [0.29, 0.717) is 30.0 Å². The molecule has 0 unspecified atom stereocenters. The maximum absolute atomic E-state index is 13.9. The maximum atomic E-state index is 13.9. The summed E-state index contributed by atoms with van der Waals surface area (Å²) in [6, 6.07) is 10.1. The van der Waals surface area contributed by atoms with Crippen LogP contribution in [0.25, 0.3) is 0 Å². The van der Waals surface area contributed by atoms with E-state index in [9.17, 15) is 27.6 Å². The van der Waals surface area contributed by atoms with Gasteiger partial charge in [-0.25, -0.2) is 0 Å². The Morgan fingerprint density at radius 2 is 1.93 bits per heavy atom. The van der Waals surface area contributed by atoms with Crippen LogP contribution in [-0.4, -0.2) is 36.1 Å². The van der Waals surface area contributed by atoms with Gasteiger partial charge in [-0.3, -0.25) is 14.4 Å². The Bertz CT molecular complexity index is 1370. The van der Waals surface area contributed by atoms with Crippen molar-refractivity contribution in [3.05, 3.63) is 70.9 Å². The molecule has 5 rings (SSSR count). The van der Waals surface area contributed by atoms with Crippen LogP contribution in [-0.2, 0) is 38.4 Å². The van der Waals surface area contributed by atoms with Crippen molar-refractivity contribution in [1.82, 2.24) is 10.2 Å². The molecule has 1 fully saturated rings. The van der Waals surface area contributed by atoms with Crippen LogP contribution in [0, 0.1) is 11.3 Å². The quantitative estimate of drug-likeness (QED) is 0.442. The minimum absolute atomic E-state index is 0.107. The number of hydrogen-bond acceptors (Lipinski definition) is 6. The molecule has 8 nitrogen and oxygen atoms in total. The summed E-state index contributed by atoms with van der Waals surface area (Å²) in [5, 5.41) is 2.64. The van der Waals surface area contributed by atoms with E-state index < -0.39 is 34.9 Å². The van der Waals surface area contributed by atoms with Crippen LogP contribution in [0.3, 0.4) is 0 Å². The Kier molecular flexibility index (Phi) is 7.97. The highest BCUT2D eigenvalue weighted by Gasteiger charge is 2.54. The molecule has 1 N–H and O–H groups in total. The number of nitrogens with zero attached hydrogens (tertiary/aromatic N) is 1. The van der Waals surface area contributed by atoms with E-state index >= 15 is 0 Å². The Morgan fingerprint density at radius 1 is 1.12 bits per heavy atom. The maximum Gasteiger partial charge on any atom is 0.416 e. The molecule has 1 saturated heterocycles. The van der Waals surface area contributed by atoms with Gasteiger partial charge in [0.05, 0.1) is 18.7 Å². The fourth-order valence-corrected chi connectivity index (χ4v) is 5.85. The fraction of sp³-hybridized carbons (Fsp3) is 0.433. The summed E-state index contributed by atoms with van der Waals surface area (Å²) in [6.07, 6.45) is -0.788. The molecule has 0 bridgehead atoms. The van der Waals surface area contributed by atoms with Gasteiger partial charge >= 0.3 is 12.1 Å². The summed E-state index contributed by atoms with van der Waals surface area (Å²) in [5.74, 6) is -0.886. The lowest BCUT2D eigenvalue weighted by molar-refractivity contribution is -0.162. The largest absolute Gasteiger partial charge is 0.465 e. The molecule has 0 aromatic heterocycles. The van der Waals surface area contributed by atoms with Crippen molar-refractivity contribution in [3.8, 4) is 11.5 Å². The Balaban J connectivity index is 1.38. The smallest absolute Gasteiger partial charge is 0.416 e. The van der Waals surface area contributed by atoms with Gasteiger partial charge in [-0.15, -0.1) is 0 Å². The Labute approximate surface area is 235 Å². The van der Waals surface area contributed by atoms with Crippen molar-refractivity contribution >= 4 is 17.8 Å². The van der Waals surface area contributed by atoms with Crippen LogP contribution < -0.4 is 14.8 Å². The molecule has 0 saturated carbocycles. The third-order valence-electron chi connectivity index (χ3n) is 7.76. The van der Waals surface area contributed by atoms with Crippen molar-refractivity contribution in [2.45, 2.75) is 58.3 Å². The van der Waals surface area contributed by atoms with Gasteiger partial charge in [-0.05, 0) is 68.0 Å². The number of benzene rings is 2. The molecular formula is C30H31F3N2O6. The molecule has 1 aliphatic carbocycles. The zero-order valence-electron chi connectivity index (χ0n) is 22.6. The molecule has 2 atom stereocenters. The molecule has 2 heterocycles. The molecule has 0 spiro atoms. The third-order valence-corrected chi connectivity index (χ3v) is 7.76. The average Bonchev–Trinajstić information content (AvgIpc) is 3.42. The minimum Gasteiger partial charge on any atom is -0.465 e. The van der Waals surface area contributed by atoms with Crippen LogP contribution in [0.5, 0.6) is 11.5 Å². The molecule has 3 aliphatic rings. The highest BCUT2D eigenvalue weighted by atomic mass is 19.4. The first-order chi connectivity index (χ1) is 19.6. The fourth-order valence-electron chi connectivity index (χ4n) is 5.85. The van der Waals surface area contributed by atoms with Crippen molar-refractivity contribution in [3.63, 3.8) is 0 Å². The number of alkyl halides is 3. The Morgan fingerprint density at radius 3 is 2.71 bits per heavy atom. The highest BCUT2D eigenvalue weighted by molar-refractivity contribution is 5.92. The van der Waals surface area contributed by atoms with Gasteiger partial charge < -0.3 is 24.4 Å². The van der Waals surface area contributed by atoms with Gasteiger partial charge in [-0.1, -0.05) is 24.3 Å². The zero-order valence-corrected chi connectivity index (χ0v) is 22.6. The summed E-state index contributed by atoms with van der Waals surface area (Å²) < 4.78 is 55.6. The molecule has 0 radical (unpaired) electrons. The molecule has 41 heavy (non-hydrogen) atoms. The first kappa shape index (κ1) is 28.5. The lowest BCUT2D eigenvalue weighted by Gasteiger charge is -2.48. The first-order valence-electron chi connectivity index (χ1n) is 13.6. The second-order valence-electron chi connectivity index (χ2n) is 10.5. The zero-order chi connectivity index (χ0) is 29.2. The lowest BCUT2D eigenvalue weighted by atomic mass is 9.66. The van der Waals surface area contributed by atoms with Crippen molar-refractivity contribution in [2.24, 2.45) is 11.3 Å². The summed E-state index contributed by atoms with van der Waals surface area (Å²) in [4.78, 5) is 41.9. The van der Waals surface area contributed by atoms with E-state index in [1.54, 1.807) is 24.0 Å². The van der Waals surface area contributed by atoms with E-state index in [0.717, 1.165) is 24.1 Å². The molecule has 2 aliphatic heterocycles.